The highest BCUT2D eigenvalue weighted by atomic mass is 32.1. The number of nitrogens with zero attached hydrogens (tertiary/aromatic N) is 2. The summed E-state index contributed by atoms with van der Waals surface area (Å²) in [6, 6.07) is 10.6. The van der Waals surface area contributed by atoms with Crippen LogP contribution in [0, 0.1) is 11.3 Å². The molecule has 4 nitrogen and oxygen atoms in total. The quantitative estimate of drug-likeness (QED) is 0.922. The number of benzene rings is 1. The SMILES string of the molecule is O=C(O)[C@]12CC[C@H](c3ccccc3)C[C@H]1CN(Cc1cscn1)C2. The average molecular weight is 342 g/mol. The predicted octanol–water partition coefficient (Wildman–Crippen LogP) is 3.61. The lowest BCUT2D eigenvalue weighted by Gasteiger charge is -2.38. The minimum Gasteiger partial charge on any atom is -0.481 e. The minimum absolute atomic E-state index is 0.229. The smallest absolute Gasteiger partial charge is 0.311 e. The van der Waals surface area contributed by atoms with Gasteiger partial charge in [0.25, 0.3) is 0 Å². The summed E-state index contributed by atoms with van der Waals surface area (Å²) in [4.78, 5) is 18.8. The van der Waals surface area contributed by atoms with E-state index in [0.29, 0.717) is 12.5 Å². The van der Waals surface area contributed by atoms with E-state index in [1.54, 1.807) is 11.3 Å². The monoisotopic (exact) mass is 342 g/mol. The molecule has 2 heterocycles. The van der Waals surface area contributed by atoms with Gasteiger partial charge in [0, 0.05) is 25.0 Å². The molecule has 2 fully saturated rings. The zero-order chi connectivity index (χ0) is 16.6. The van der Waals surface area contributed by atoms with Crippen LogP contribution in [0.4, 0.5) is 0 Å². The normalized spacial score (nSPS) is 30.2. The fourth-order valence-electron chi connectivity index (χ4n) is 4.60. The first-order valence-electron chi connectivity index (χ1n) is 8.55. The largest absolute Gasteiger partial charge is 0.481 e. The summed E-state index contributed by atoms with van der Waals surface area (Å²) in [6.45, 7) is 2.30. The number of hydrogen-bond acceptors (Lipinski definition) is 4. The van der Waals surface area contributed by atoms with Crippen molar-refractivity contribution in [2.24, 2.45) is 11.3 Å². The van der Waals surface area contributed by atoms with Crippen LogP contribution in [-0.4, -0.2) is 34.0 Å². The van der Waals surface area contributed by atoms with Gasteiger partial charge in [-0.2, -0.15) is 0 Å². The maximum absolute atomic E-state index is 12.1. The molecule has 0 radical (unpaired) electrons. The highest BCUT2D eigenvalue weighted by molar-refractivity contribution is 7.07. The lowest BCUT2D eigenvalue weighted by Crippen LogP contribution is -2.42. The van der Waals surface area contributed by atoms with E-state index in [0.717, 1.165) is 38.0 Å². The molecule has 1 saturated carbocycles. The molecule has 0 spiro atoms. The third-order valence-electron chi connectivity index (χ3n) is 5.84. The van der Waals surface area contributed by atoms with Crippen LogP contribution in [0.15, 0.2) is 41.2 Å². The molecular formula is C19H22N2O2S. The van der Waals surface area contributed by atoms with Gasteiger partial charge < -0.3 is 5.11 Å². The van der Waals surface area contributed by atoms with E-state index in [1.165, 1.54) is 5.56 Å². The summed E-state index contributed by atoms with van der Waals surface area (Å²) in [5.41, 5.74) is 3.69. The Hall–Kier alpha value is -1.72. The summed E-state index contributed by atoms with van der Waals surface area (Å²) in [5.74, 6) is 0.107. The molecule has 1 aliphatic carbocycles. The van der Waals surface area contributed by atoms with Gasteiger partial charge in [-0.05, 0) is 36.7 Å². The van der Waals surface area contributed by atoms with Crippen LogP contribution < -0.4 is 0 Å². The second-order valence-electron chi connectivity index (χ2n) is 7.19. The van der Waals surface area contributed by atoms with Gasteiger partial charge in [-0.3, -0.25) is 9.69 Å². The van der Waals surface area contributed by atoms with E-state index in [4.69, 9.17) is 0 Å². The Morgan fingerprint density at radius 2 is 2.21 bits per heavy atom. The number of carboxylic acid groups (broad SMARTS) is 1. The second-order valence-corrected chi connectivity index (χ2v) is 7.91. The minimum atomic E-state index is -0.611. The van der Waals surface area contributed by atoms with E-state index < -0.39 is 11.4 Å². The standard InChI is InChI=1S/C19H22N2O2S/c22-18(23)19-7-6-15(14-4-2-1-3-5-14)8-16(19)9-21(12-19)10-17-11-24-13-20-17/h1-5,11,13,15-16H,6-10,12H2,(H,22,23)/t15-,16-,19-/m0/s1. The molecule has 24 heavy (non-hydrogen) atoms. The van der Waals surface area contributed by atoms with Crippen molar-refractivity contribution in [3.8, 4) is 0 Å². The highest BCUT2D eigenvalue weighted by Gasteiger charge is 2.54. The molecule has 1 saturated heterocycles. The van der Waals surface area contributed by atoms with Crippen LogP contribution in [0.25, 0.3) is 0 Å². The molecule has 0 unspecified atom stereocenters. The van der Waals surface area contributed by atoms with Crippen LogP contribution in [0.5, 0.6) is 0 Å². The molecule has 1 aromatic heterocycles. The number of likely N-dealkylation sites (tertiary alicyclic amines) is 1. The number of hydrogen-bond donors (Lipinski definition) is 1. The number of aromatic nitrogens is 1. The Morgan fingerprint density at radius 3 is 2.92 bits per heavy atom. The Bertz CT molecular complexity index is 703. The van der Waals surface area contributed by atoms with Gasteiger partial charge >= 0.3 is 5.97 Å². The number of carbonyl (C=O) groups is 1. The third kappa shape index (κ3) is 2.76. The Balaban J connectivity index is 1.53. The van der Waals surface area contributed by atoms with Crippen molar-refractivity contribution < 1.29 is 9.90 Å². The zero-order valence-corrected chi connectivity index (χ0v) is 14.4. The highest BCUT2D eigenvalue weighted by Crippen LogP contribution is 2.51. The van der Waals surface area contributed by atoms with Gasteiger partial charge in [-0.1, -0.05) is 30.3 Å². The van der Waals surface area contributed by atoms with Crippen molar-refractivity contribution in [3.05, 3.63) is 52.5 Å². The molecular weight excluding hydrogens is 320 g/mol. The van der Waals surface area contributed by atoms with E-state index in [1.807, 2.05) is 11.6 Å². The summed E-state index contributed by atoms with van der Waals surface area (Å²) in [6.07, 6.45) is 2.72. The van der Waals surface area contributed by atoms with Crippen molar-refractivity contribution >= 4 is 17.3 Å². The average Bonchev–Trinajstić information content (AvgIpc) is 3.22. The molecule has 126 valence electrons. The number of aliphatic carboxylic acids is 1. The van der Waals surface area contributed by atoms with Crippen molar-refractivity contribution in [3.63, 3.8) is 0 Å². The van der Waals surface area contributed by atoms with Crippen molar-refractivity contribution in [2.75, 3.05) is 13.1 Å². The first kappa shape index (κ1) is 15.8. The van der Waals surface area contributed by atoms with Crippen LogP contribution in [0.2, 0.25) is 0 Å². The van der Waals surface area contributed by atoms with Gasteiger partial charge in [-0.25, -0.2) is 4.98 Å². The Morgan fingerprint density at radius 1 is 1.38 bits per heavy atom. The number of carboxylic acids is 1. The third-order valence-corrected chi connectivity index (χ3v) is 6.48. The fraction of sp³-hybridized carbons (Fsp3) is 0.474. The molecule has 2 aromatic rings. The van der Waals surface area contributed by atoms with E-state index in [-0.39, 0.29) is 5.92 Å². The fourth-order valence-corrected chi connectivity index (χ4v) is 5.15. The predicted molar refractivity (Wildman–Crippen MR) is 94.0 cm³/mol. The zero-order valence-electron chi connectivity index (χ0n) is 13.6. The molecule has 4 rings (SSSR count). The Kier molecular flexibility index (Phi) is 4.14. The second kappa shape index (κ2) is 6.30. The molecule has 0 bridgehead atoms. The van der Waals surface area contributed by atoms with Gasteiger partial charge in [-0.15, -0.1) is 11.3 Å². The number of fused-ring (bicyclic) bond motifs is 1. The molecule has 0 amide bonds. The summed E-state index contributed by atoms with van der Waals surface area (Å²) >= 11 is 1.60. The van der Waals surface area contributed by atoms with Crippen molar-refractivity contribution in [1.29, 1.82) is 0 Å². The first-order valence-corrected chi connectivity index (χ1v) is 9.49. The molecule has 2 aliphatic rings. The molecule has 5 heteroatoms. The van der Waals surface area contributed by atoms with Gasteiger partial charge in [0.05, 0.1) is 16.6 Å². The lowest BCUT2D eigenvalue weighted by atomic mass is 9.64. The first-order chi connectivity index (χ1) is 11.7. The summed E-state index contributed by atoms with van der Waals surface area (Å²) in [5, 5.41) is 12.0. The van der Waals surface area contributed by atoms with Gasteiger partial charge in [0.15, 0.2) is 0 Å². The molecule has 1 N–H and O–H groups in total. The van der Waals surface area contributed by atoms with Gasteiger partial charge in [0.2, 0.25) is 0 Å². The van der Waals surface area contributed by atoms with Gasteiger partial charge in [0.1, 0.15) is 0 Å². The topological polar surface area (TPSA) is 53.4 Å². The van der Waals surface area contributed by atoms with Crippen LogP contribution >= 0.6 is 11.3 Å². The molecule has 1 aliphatic heterocycles. The maximum atomic E-state index is 12.1. The molecule has 3 atom stereocenters. The van der Waals surface area contributed by atoms with Crippen molar-refractivity contribution in [2.45, 2.75) is 31.7 Å². The summed E-state index contributed by atoms with van der Waals surface area (Å²) in [7, 11) is 0. The van der Waals surface area contributed by atoms with Crippen LogP contribution in [0.1, 0.15) is 36.4 Å². The van der Waals surface area contributed by atoms with E-state index >= 15 is 0 Å². The van der Waals surface area contributed by atoms with E-state index in [2.05, 4.69) is 39.5 Å². The van der Waals surface area contributed by atoms with E-state index in [9.17, 15) is 9.90 Å². The number of rotatable bonds is 4. The Labute approximate surface area is 146 Å². The summed E-state index contributed by atoms with van der Waals surface area (Å²) < 4.78 is 0. The van der Waals surface area contributed by atoms with Crippen molar-refractivity contribution in [1.82, 2.24) is 9.88 Å². The maximum Gasteiger partial charge on any atom is 0.311 e. The molecule has 1 aromatic carbocycles. The lowest BCUT2D eigenvalue weighted by molar-refractivity contribution is -0.152. The van der Waals surface area contributed by atoms with Crippen LogP contribution in [0.3, 0.4) is 0 Å². The number of thiazole rings is 1. The van der Waals surface area contributed by atoms with Crippen LogP contribution in [-0.2, 0) is 11.3 Å².